The van der Waals surface area contributed by atoms with Crippen molar-refractivity contribution < 1.29 is 49.6 Å². The van der Waals surface area contributed by atoms with E-state index in [1.54, 1.807) is 61.3 Å². The third-order valence-electron chi connectivity index (χ3n) is 14.9. The maximum atomic E-state index is 11.9. The van der Waals surface area contributed by atoms with Gasteiger partial charge in [0, 0.05) is 117 Å². The third-order valence-corrected chi connectivity index (χ3v) is 16.7. The van der Waals surface area contributed by atoms with Gasteiger partial charge < -0.3 is 49.2 Å². The molecule has 2 aliphatic carbocycles. The molecule has 2 saturated carbocycles. The molecule has 4 aliphatic rings. The van der Waals surface area contributed by atoms with Crippen LogP contribution >= 0.6 is 0 Å². The summed E-state index contributed by atoms with van der Waals surface area (Å²) in [7, 11) is 3.01. The fraction of sp³-hybridized carbons (Fsp3) is 0.547. The highest BCUT2D eigenvalue weighted by Crippen LogP contribution is 2.56. The predicted octanol–water partition coefficient (Wildman–Crippen LogP) is 5.67. The fourth-order valence-electron chi connectivity index (χ4n) is 10.3. The van der Waals surface area contributed by atoms with Crippen molar-refractivity contribution in [2.75, 3.05) is 103 Å². The Bertz CT molecular complexity index is 2980. The number of aromatic nitrogens is 3. The lowest BCUT2D eigenvalue weighted by molar-refractivity contribution is -0.511. The molecule has 3 N–H and O–H groups in total. The number of nitrogens with two attached hydrogens (primary N) is 1. The Labute approximate surface area is 437 Å². The van der Waals surface area contributed by atoms with Crippen LogP contribution in [0.3, 0.4) is 0 Å². The summed E-state index contributed by atoms with van der Waals surface area (Å²) in [5.74, 6) is 4.20. The van der Waals surface area contributed by atoms with Gasteiger partial charge in [0.1, 0.15) is 0 Å². The van der Waals surface area contributed by atoms with Gasteiger partial charge in [-0.05, 0) is 105 Å². The molecular formula is C53H75N9O10S2. The van der Waals surface area contributed by atoms with Crippen molar-refractivity contribution in [1.29, 1.82) is 0 Å². The van der Waals surface area contributed by atoms with Crippen LogP contribution in [0, 0.1) is 22.7 Å². The second-order valence-electron chi connectivity index (χ2n) is 21.0. The van der Waals surface area contributed by atoms with Crippen molar-refractivity contribution in [1.82, 2.24) is 14.7 Å². The Morgan fingerprint density at radius 1 is 0.743 bits per heavy atom. The number of nitrogens with zero attached hydrogens (tertiary/aromatic N) is 7. The predicted molar refractivity (Wildman–Crippen MR) is 288 cm³/mol. The van der Waals surface area contributed by atoms with Crippen LogP contribution in [0.2, 0.25) is 0 Å². The number of sulfonamides is 1. The first kappa shape index (κ1) is 55.8. The molecule has 0 radical (unpaired) electrons. The molecule has 5 aromatic rings. The van der Waals surface area contributed by atoms with E-state index >= 15 is 0 Å². The van der Waals surface area contributed by atoms with E-state index in [0.717, 1.165) is 113 Å². The van der Waals surface area contributed by atoms with Gasteiger partial charge in [0.2, 0.25) is 10.0 Å². The van der Waals surface area contributed by atoms with Gasteiger partial charge in [-0.25, -0.2) is 13.1 Å². The van der Waals surface area contributed by atoms with Crippen molar-refractivity contribution in [3.63, 3.8) is 0 Å². The standard InChI is InChI=1S/C21H29N3O4S.C20H27N3O2.C12H19N3O4S/c1-27-19-12-16-17(13-20(19)28-2)22-9-4-18(16)24-10-5-15(6-11-24)21(7-8-21)14-23-29(3,25)26;1-24-18-11-15-16(12-19(18)25-2)22-8-3-17(15)23-9-4-14(5-10-23)20(13-21)6-7-20;1-12(2,3)19-11(16)13-20(17,18)15-8-6-10(7-9-15)14(4)5/h4,9,12-13,15,23H,5-8,10-11,14H2,1-3H3;3,8,11-12,14H,4-7,9-10,13,21H2,1-2H3;6-9H,1-5H3. The van der Waals surface area contributed by atoms with Crippen LogP contribution in [0.1, 0.15) is 72.1 Å². The molecule has 0 spiro atoms. The van der Waals surface area contributed by atoms with Crippen molar-refractivity contribution in [2.45, 2.75) is 77.7 Å². The monoisotopic (exact) mass is 1060 g/mol. The van der Waals surface area contributed by atoms with Crippen LogP contribution in [0.15, 0.2) is 77.7 Å². The van der Waals surface area contributed by atoms with Crippen LogP contribution in [0.5, 0.6) is 23.0 Å². The van der Waals surface area contributed by atoms with Crippen LogP contribution in [0.25, 0.3) is 21.8 Å². The molecule has 74 heavy (non-hydrogen) atoms. The summed E-state index contributed by atoms with van der Waals surface area (Å²) in [6, 6.07) is 15.3. The molecular weight excluding hydrogens is 987 g/mol. The quantitative estimate of drug-likeness (QED) is 0.0732. The SMILES string of the molecule is CN(C)c1cc[n+](S(=O)(=O)N=C([O-])OC(C)(C)C)cc1.COc1cc2nccc(N3CCC(C4(CN)CC4)CC3)c2cc1OC.COc1cc2nccc(N3CCC(C4(CNS(C)(=O)=O)CC4)CC3)c2cc1OC. The molecule has 19 nitrogen and oxygen atoms in total. The van der Waals surface area contributed by atoms with Crippen molar-refractivity contribution in [3.8, 4) is 23.0 Å². The minimum Gasteiger partial charge on any atom is -0.594 e. The van der Waals surface area contributed by atoms with E-state index in [1.165, 1.54) is 50.0 Å². The molecule has 2 saturated heterocycles. The second kappa shape index (κ2) is 22.9. The van der Waals surface area contributed by atoms with Crippen molar-refractivity contribution >= 4 is 65.2 Å². The summed E-state index contributed by atoms with van der Waals surface area (Å²) in [6.45, 7) is 10.4. The van der Waals surface area contributed by atoms with E-state index < -0.39 is 31.9 Å². The van der Waals surface area contributed by atoms with Crippen molar-refractivity contribution in [2.24, 2.45) is 32.8 Å². The number of fused-ring (bicyclic) bond motifs is 2. The highest BCUT2D eigenvalue weighted by molar-refractivity contribution is 7.88. The van der Waals surface area contributed by atoms with E-state index in [4.69, 9.17) is 29.4 Å². The fourth-order valence-corrected chi connectivity index (χ4v) is 11.6. The minimum absolute atomic E-state index is 0.159. The van der Waals surface area contributed by atoms with Crippen LogP contribution < -0.4 is 53.2 Å². The molecule has 404 valence electrons. The largest absolute Gasteiger partial charge is 0.594 e. The molecule has 9 rings (SSSR count). The number of pyridine rings is 3. The molecule has 4 fully saturated rings. The molecule has 3 aromatic heterocycles. The van der Waals surface area contributed by atoms with Gasteiger partial charge in [0.05, 0.1) is 45.7 Å². The molecule has 0 unspecified atom stereocenters. The van der Waals surface area contributed by atoms with E-state index in [9.17, 15) is 21.9 Å². The summed E-state index contributed by atoms with van der Waals surface area (Å²) in [6.07, 6.45) is 16.0. The van der Waals surface area contributed by atoms with E-state index in [0.29, 0.717) is 29.4 Å². The lowest BCUT2D eigenvalue weighted by Gasteiger charge is -2.38. The Kier molecular flexibility index (Phi) is 17.3. The molecule has 0 amide bonds. The number of hydrogen-bond acceptors (Lipinski definition) is 16. The number of hydrogen-bond donors (Lipinski definition) is 2. The molecule has 0 atom stereocenters. The third kappa shape index (κ3) is 13.5. The highest BCUT2D eigenvalue weighted by Gasteiger charge is 2.50. The van der Waals surface area contributed by atoms with Crippen molar-refractivity contribution in [3.05, 3.63) is 73.3 Å². The zero-order chi connectivity index (χ0) is 53.6. The second-order valence-corrected chi connectivity index (χ2v) is 24.3. The molecule has 0 bridgehead atoms. The van der Waals surface area contributed by atoms with Crippen LogP contribution in [-0.4, -0.2) is 127 Å². The number of ether oxygens (including phenoxy) is 5. The topological polar surface area (TPSA) is 227 Å². The summed E-state index contributed by atoms with van der Waals surface area (Å²) in [4.78, 5) is 15.7. The van der Waals surface area contributed by atoms with Gasteiger partial charge in [-0.1, -0.05) is 29.1 Å². The van der Waals surface area contributed by atoms with Gasteiger partial charge in [-0.2, -0.15) is 0 Å². The first-order valence-corrected chi connectivity index (χ1v) is 28.4. The highest BCUT2D eigenvalue weighted by atomic mass is 32.2. The van der Waals surface area contributed by atoms with Gasteiger partial charge in [0.25, 0.3) is 0 Å². The zero-order valence-corrected chi connectivity index (χ0v) is 46.2. The molecule has 2 aromatic carbocycles. The lowest BCUT2D eigenvalue weighted by atomic mass is 9.81. The Balaban J connectivity index is 0.000000165. The van der Waals surface area contributed by atoms with Gasteiger partial charge >= 0.3 is 10.2 Å². The minimum atomic E-state index is -4.13. The maximum Gasteiger partial charge on any atom is 0.493 e. The molecule has 5 heterocycles. The van der Waals surface area contributed by atoms with E-state index in [1.807, 2.05) is 55.7 Å². The van der Waals surface area contributed by atoms with E-state index in [-0.39, 0.29) is 5.41 Å². The number of anilines is 3. The number of nitrogens with one attached hydrogen (secondary N) is 1. The maximum absolute atomic E-state index is 11.9. The Morgan fingerprint density at radius 3 is 1.53 bits per heavy atom. The number of methoxy groups -OCH3 is 4. The first-order valence-electron chi connectivity index (χ1n) is 25.1. The van der Waals surface area contributed by atoms with Gasteiger partial charge in [-0.15, -0.1) is 8.42 Å². The smallest absolute Gasteiger partial charge is 0.493 e. The number of benzene rings is 2. The summed E-state index contributed by atoms with van der Waals surface area (Å²) in [5.41, 5.74) is 10.9. The van der Waals surface area contributed by atoms with Crippen LogP contribution in [-0.2, 0) is 25.0 Å². The zero-order valence-electron chi connectivity index (χ0n) is 44.6. The average Bonchev–Trinajstić information content (AvgIpc) is 4.33. The van der Waals surface area contributed by atoms with Gasteiger partial charge in [-0.3, -0.25) is 9.97 Å². The number of piperidine rings is 2. The average molecular weight is 1060 g/mol. The Hall–Kier alpha value is -5.90. The lowest BCUT2D eigenvalue weighted by Crippen LogP contribution is -2.43. The summed E-state index contributed by atoms with van der Waals surface area (Å²) < 4.78 is 80.1. The molecule has 2 aliphatic heterocycles. The normalized spacial score (nSPS) is 17.9. The summed E-state index contributed by atoms with van der Waals surface area (Å²) >= 11 is 0. The van der Waals surface area contributed by atoms with Crippen LogP contribution in [0.4, 0.5) is 17.1 Å². The van der Waals surface area contributed by atoms with E-state index in [2.05, 4.69) is 41.0 Å². The first-order chi connectivity index (χ1) is 35.1. The van der Waals surface area contributed by atoms with Gasteiger partial charge in [0.15, 0.2) is 41.5 Å². The molecule has 21 heteroatoms. The Morgan fingerprint density at radius 2 is 1.16 bits per heavy atom. The summed E-state index contributed by atoms with van der Waals surface area (Å²) in [5, 5.41) is 13.6. The number of rotatable bonds is 15.